The average Bonchev–Trinajstić information content (AvgIpc) is 2.98. The SMILES string of the molecule is NC(c1ccccc1)c1ncc(-c2ccccc2)[nH]1. The number of aromatic amines is 1. The summed E-state index contributed by atoms with van der Waals surface area (Å²) in [4.78, 5) is 7.68. The van der Waals surface area contributed by atoms with Crippen molar-refractivity contribution in [1.82, 2.24) is 9.97 Å². The van der Waals surface area contributed by atoms with Crippen LogP contribution in [0.5, 0.6) is 0 Å². The minimum Gasteiger partial charge on any atom is -0.340 e. The third kappa shape index (κ3) is 2.41. The molecule has 94 valence electrons. The van der Waals surface area contributed by atoms with Crippen LogP contribution in [0.15, 0.2) is 66.9 Å². The molecule has 0 aliphatic carbocycles. The largest absolute Gasteiger partial charge is 0.340 e. The van der Waals surface area contributed by atoms with E-state index in [4.69, 9.17) is 5.73 Å². The number of benzene rings is 2. The summed E-state index contributed by atoms with van der Waals surface area (Å²) < 4.78 is 0. The number of hydrogen-bond acceptors (Lipinski definition) is 2. The van der Waals surface area contributed by atoms with Crippen molar-refractivity contribution in [2.75, 3.05) is 0 Å². The maximum atomic E-state index is 6.21. The second-order valence-electron chi connectivity index (χ2n) is 4.44. The predicted molar refractivity (Wildman–Crippen MR) is 76.5 cm³/mol. The molecule has 1 heterocycles. The van der Waals surface area contributed by atoms with Crippen molar-refractivity contribution < 1.29 is 0 Å². The number of imidazole rings is 1. The van der Waals surface area contributed by atoms with Crippen molar-refractivity contribution in [3.63, 3.8) is 0 Å². The molecule has 0 aliphatic rings. The average molecular weight is 249 g/mol. The minimum atomic E-state index is -0.223. The van der Waals surface area contributed by atoms with Crippen LogP contribution in [-0.2, 0) is 0 Å². The second-order valence-corrected chi connectivity index (χ2v) is 4.44. The molecule has 3 N–H and O–H groups in total. The Labute approximate surface area is 112 Å². The van der Waals surface area contributed by atoms with Crippen molar-refractivity contribution in [3.05, 3.63) is 78.2 Å². The lowest BCUT2D eigenvalue weighted by Crippen LogP contribution is -2.13. The number of nitrogens with zero attached hydrogens (tertiary/aromatic N) is 1. The van der Waals surface area contributed by atoms with Crippen LogP contribution in [0, 0.1) is 0 Å². The topological polar surface area (TPSA) is 54.7 Å². The Kier molecular flexibility index (Phi) is 3.12. The van der Waals surface area contributed by atoms with E-state index in [1.807, 2.05) is 66.9 Å². The molecule has 0 saturated carbocycles. The molecule has 1 atom stereocenters. The van der Waals surface area contributed by atoms with Crippen molar-refractivity contribution >= 4 is 0 Å². The Morgan fingerprint density at radius 1 is 0.895 bits per heavy atom. The zero-order valence-electron chi connectivity index (χ0n) is 10.5. The van der Waals surface area contributed by atoms with E-state index in [0.29, 0.717) is 0 Å². The number of H-pyrrole nitrogens is 1. The number of aromatic nitrogens is 2. The fourth-order valence-electron chi connectivity index (χ4n) is 2.08. The Hall–Kier alpha value is -2.39. The highest BCUT2D eigenvalue weighted by atomic mass is 15.0. The molecular weight excluding hydrogens is 234 g/mol. The zero-order valence-corrected chi connectivity index (χ0v) is 10.5. The first-order valence-corrected chi connectivity index (χ1v) is 6.25. The Morgan fingerprint density at radius 2 is 1.53 bits per heavy atom. The maximum absolute atomic E-state index is 6.21. The molecule has 3 rings (SSSR count). The van der Waals surface area contributed by atoms with Crippen molar-refractivity contribution in [2.24, 2.45) is 5.73 Å². The first kappa shape index (κ1) is 11.7. The Balaban J connectivity index is 1.90. The van der Waals surface area contributed by atoms with E-state index >= 15 is 0 Å². The van der Waals surface area contributed by atoms with Crippen LogP contribution in [0.4, 0.5) is 0 Å². The minimum absolute atomic E-state index is 0.223. The summed E-state index contributed by atoms with van der Waals surface area (Å²) in [6.45, 7) is 0. The van der Waals surface area contributed by atoms with E-state index in [1.54, 1.807) is 0 Å². The molecule has 1 unspecified atom stereocenters. The number of nitrogens with one attached hydrogen (secondary N) is 1. The van der Waals surface area contributed by atoms with Crippen molar-refractivity contribution in [2.45, 2.75) is 6.04 Å². The van der Waals surface area contributed by atoms with Crippen LogP contribution in [0.25, 0.3) is 11.3 Å². The summed E-state index contributed by atoms with van der Waals surface area (Å²) in [5.74, 6) is 0.782. The Bertz CT molecular complexity index is 644. The number of hydrogen-bond donors (Lipinski definition) is 2. The summed E-state index contributed by atoms with van der Waals surface area (Å²) in [7, 11) is 0. The molecule has 3 nitrogen and oxygen atoms in total. The fourth-order valence-corrected chi connectivity index (χ4v) is 2.08. The van der Waals surface area contributed by atoms with Crippen LogP contribution in [0.1, 0.15) is 17.4 Å². The van der Waals surface area contributed by atoms with E-state index in [0.717, 1.165) is 22.6 Å². The third-order valence-corrected chi connectivity index (χ3v) is 3.13. The molecule has 0 fully saturated rings. The highest BCUT2D eigenvalue weighted by molar-refractivity contribution is 5.58. The molecule has 3 aromatic rings. The van der Waals surface area contributed by atoms with Gasteiger partial charge in [-0.1, -0.05) is 60.7 Å². The number of rotatable bonds is 3. The van der Waals surface area contributed by atoms with Crippen molar-refractivity contribution in [1.29, 1.82) is 0 Å². The van der Waals surface area contributed by atoms with Crippen LogP contribution < -0.4 is 5.73 Å². The standard InChI is InChI=1S/C16H15N3/c17-15(13-9-5-2-6-10-13)16-18-11-14(19-16)12-7-3-1-4-8-12/h1-11,15H,17H2,(H,18,19). The molecule has 1 aromatic heterocycles. The highest BCUT2D eigenvalue weighted by Crippen LogP contribution is 2.21. The first-order valence-electron chi connectivity index (χ1n) is 6.25. The van der Waals surface area contributed by atoms with Gasteiger partial charge in [0.1, 0.15) is 5.82 Å². The van der Waals surface area contributed by atoms with Gasteiger partial charge in [0.05, 0.1) is 17.9 Å². The lowest BCUT2D eigenvalue weighted by Gasteiger charge is -2.08. The van der Waals surface area contributed by atoms with Gasteiger partial charge >= 0.3 is 0 Å². The van der Waals surface area contributed by atoms with Gasteiger partial charge in [0.25, 0.3) is 0 Å². The summed E-state index contributed by atoms with van der Waals surface area (Å²) in [6.07, 6.45) is 1.83. The molecule has 0 aliphatic heterocycles. The van der Waals surface area contributed by atoms with Gasteiger partial charge in [-0.2, -0.15) is 0 Å². The van der Waals surface area contributed by atoms with Crippen LogP contribution in [0.2, 0.25) is 0 Å². The van der Waals surface area contributed by atoms with Crippen LogP contribution >= 0.6 is 0 Å². The normalized spacial score (nSPS) is 12.3. The summed E-state index contributed by atoms with van der Waals surface area (Å²) in [5, 5.41) is 0. The quantitative estimate of drug-likeness (QED) is 0.749. The molecule has 0 saturated heterocycles. The van der Waals surface area contributed by atoms with E-state index in [2.05, 4.69) is 9.97 Å². The second kappa shape index (κ2) is 5.08. The smallest absolute Gasteiger partial charge is 0.128 e. The molecule has 0 bridgehead atoms. The van der Waals surface area contributed by atoms with Gasteiger partial charge in [-0.15, -0.1) is 0 Å². The fraction of sp³-hybridized carbons (Fsp3) is 0.0625. The monoisotopic (exact) mass is 249 g/mol. The van der Waals surface area contributed by atoms with E-state index < -0.39 is 0 Å². The van der Waals surface area contributed by atoms with E-state index in [-0.39, 0.29) is 6.04 Å². The Morgan fingerprint density at radius 3 is 2.21 bits per heavy atom. The first-order chi connectivity index (χ1) is 9.34. The summed E-state index contributed by atoms with van der Waals surface area (Å²) in [5.41, 5.74) is 9.37. The van der Waals surface area contributed by atoms with Crippen LogP contribution in [0.3, 0.4) is 0 Å². The van der Waals surface area contributed by atoms with E-state index in [1.165, 1.54) is 0 Å². The van der Waals surface area contributed by atoms with Gasteiger partial charge in [0, 0.05) is 0 Å². The maximum Gasteiger partial charge on any atom is 0.128 e. The third-order valence-electron chi connectivity index (χ3n) is 3.13. The summed E-state index contributed by atoms with van der Waals surface area (Å²) in [6, 6.07) is 19.8. The van der Waals surface area contributed by atoms with Gasteiger partial charge in [0.15, 0.2) is 0 Å². The molecule has 3 heteroatoms. The van der Waals surface area contributed by atoms with Gasteiger partial charge in [-0.25, -0.2) is 4.98 Å². The number of nitrogens with two attached hydrogens (primary N) is 1. The zero-order chi connectivity index (χ0) is 13.1. The molecule has 2 aromatic carbocycles. The molecule has 0 amide bonds. The van der Waals surface area contributed by atoms with Crippen molar-refractivity contribution in [3.8, 4) is 11.3 Å². The predicted octanol–water partition coefficient (Wildman–Crippen LogP) is 3.12. The molecule has 0 spiro atoms. The van der Waals surface area contributed by atoms with Crippen LogP contribution in [-0.4, -0.2) is 9.97 Å². The lowest BCUT2D eigenvalue weighted by atomic mass is 10.1. The van der Waals surface area contributed by atoms with E-state index in [9.17, 15) is 0 Å². The molecule has 0 radical (unpaired) electrons. The van der Waals surface area contributed by atoms with Gasteiger partial charge in [-0.3, -0.25) is 0 Å². The molecule has 19 heavy (non-hydrogen) atoms. The van der Waals surface area contributed by atoms with Gasteiger partial charge < -0.3 is 10.7 Å². The van der Waals surface area contributed by atoms with Gasteiger partial charge in [-0.05, 0) is 11.1 Å². The highest BCUT2D eigenvalue weighted by Gasteiger charge is 2.12. The summed E-state index contributed by atoms with van der Waals surface area (Å²) >= 11 is 0. The van der Waals surface area contributed by atoms with Gasteiger partial charge in [0.2, 0.25) is 0 Å². The molecular formula is C16H15N3. The lowest BCUT2D eigenvalue weighted by molar-refractivity contribution is 0.801.